The number of carbonyl (C=O) groups excluding carboxylic acids is 2. The second-order valence-corrected chi connectivity index (χ2v) is 6.68. The first kappa shape index (κ1) is 17.3. The van der Waals surface area contributed by atoms with Gasteiger partial charge in [0, 0.05) is 6.54 Å². The maximum absolute atomic E-state index is 12.3. The van der Waals surface area contributed by atoms with Crippen molar-refractivity contribution in [1.82, 2.24) is 4.90 Å². The largest absolute Gasteiger partial charge is 0.496 e. The van der Waals surface area contributed by atoms with Gasteiger partial charge in [0.25, 0.3) is 11.1 Å². The smallest absolute Gasteiger partial charge is 0.293 e. The van der Waals surface area contributed by atoms with E-state index >= 15 is 0 Å². The number of thioether (sulfide) groups is 1. The molecule has 0 aliphatic carbocycles. The Hall–Kier alpha value is -2.01. The Balaban J connectivity index is 2.43. The standard InChI is InChI=1S/C18H21NO3S/c1-6-7-19-17(20)16(23-18(19)21)10-13-9-14(11(2)3)15(22-5)8-12(13)4/h6,8-11H,1,7H2,2-5H3. The number of hydrogen-bond acceptors (Lipinski definition) is 4. The van der Waals surface area contributed by atoms with E-state index in [0.29, 0.717) is 10.8 Å². The summed E-state index contributed by atoms with van der Waals surface area (Å²) < 4.78 is 5.43. The minimum Gasteiger partial charge on any atom is -0.496 e. The zero-order valence-electron chi connectivity index (χ0n) is 13.9. The van der Waals surface area contributed by atoms with Crippen LogP contribution in [0, 0.1) is 6.92 Å². The van der Waals surface area contributed by atoms with Gasteiger partial charge in [-0.1, -0.05) is 19.9 Å². The number of amides is 2. The molecule has 4 nitrogen and oxygen atoms in total. The van der Waals surface area contributed by atoms with E-state index in [1.54, 1.807) is 19.3 Å². The van der Waals surface area contributed by atoms with Crippen molar-refractivity contribution in [2.75, 3.05) is 13.7 Å². The second-order valence-electron chi connectivity index (χ2n) is 5.69. The van der Waals surface area contributed by atoms with Crippen LogP contribution < -0.4 is 4.74 Å². The summed E-state index contributed by atoms with van der Waals surface area (Å²) in [6, 6.07) is 4.00. The highest BCUT2D eigenvalue weighted by Crippen LogP contribution is 2.35. The van der Waals surface area contributed by atoms with Gasteiger partial charge in [-0.2, -0.15) is 0 Å². The first-order valence-corrected chi connectivity index (χ1v) is 8.25. The quantitative estimate of drug-likeness (QED) is 0.594. The summed E-state index contributed by atoms with van der Waals surface area (Å²) in [6.07, 6.45) is 3.34. The molecule has 0 spiro atoms. The molecule has 122 valence electrons. The van der Waals surface area contributed by atoms with Crippen LogP contribution in [0.25, 0.3) is 6.08 Å². The summed E-state index contributed by atoms with van der Waals surface area (Å²) in [5.41, 5.74) is 3.01. The van der Waals surface area contributed by atoms with Crippen molar-refractivity contribution in [3.8, 4) is 5.75 Å². The molecule has 0 N–H and O–H groups in total. The van der Waals surface area contributed by atoms with Crippen LogP contribution in [-0.4, -0.2) is 29.7 Å². The molecule has 5 heteroatoms. The van der Waals surface area contributed by atoms with E-state index in [-0.39, 0.29) is 17.7 Å². The Kier molecular flexibility index (Phi) is 5.31. The molecule has 2 amide bonds. The molecule has 0 unspecified atom stereocenters. The number of rotatable bonds is 5. The zero-order valence-corrected chi connectivity index (χ0v) is 14.7. The van der Waals surface area contributed by atoms with Crippen molar-refractivity contribution in [2.45, 2.75) is 26.7 Å². The normalized spacial score (nSPS) is 16.6. The average Bonchev–Trinajstić information content (AvgIpc) is 2.76. The number of methoxy groups -OCH3 is 1. The molecule has 23 heavy (non-hydrogen) atoms. The Morgan fingerprint density at radius 1 is 1.35 bits per heavy atom. The summed E-state index contributed by atoms with van der Waals surface area (Å²) in [4.78, 5) is 25.8. The predicted octanol–water partition coefficient (Wildman–Crippen LogP) is 4.35. The van der Waals surface area contributed by atoms with Gasteiger partial charge in [-0.05, 0) is 59.5 Å². The summed E-state index contributed by atoms with van der Waals surface area (Å²) >= 11 is 0.969. The van der Waals surface area contributed by atoms with E-state index in [9.17, 15) is 9.59 Å². The van der Waals surface area contributed by atoms with Crippen molar-refractivity contribution in [3.05, 3.63) is 46.4 Å². The monoisotopic (exact) mass is 331 g/mol. The Morgan fingerprint density at radius 2 is 2.04 bits per heavy atom. The van der Waals surface area contributed by atoms with E-state index in [0.717, 1.165) is 34.2 Å². The third-order valence-corrected chi connectivity index (χ3v) is 4.62. The van der Waals surface area contributed by atoms with Crippen molar-refractivity contribution in [3.63, 3.8) is 0 Å². The first-order chi connectivity index (χ1) is 10.9. The van der Waals surface area contributed by atoms with E-state index in [2.05, 4.69) is 20.4 Å². The molecule has 0 aromatic heterocycles. The van der Waals surface area contributed by atoms with Gasteiger partial charge in [0.2, 0.25) is 0 Å². The third kappa shape index (κ3) is 3.50. The van der Waals surface area contributed by atoms with Crippen LogP contribution in [0.4, 0.5) is 4.79 Å². The lowest BCUT2D eigenvalue weighted by Crippen LogP contribution is -2.27. The summed E-state index contributed by atoms with van der Waals surface area (Å²) in [7, 11) is 1.65. The number of benzene rings is 1. The van der Waals surface area contributed by atoms with Crippen LogP contribution in [0.2, 0.25) is 0 Å². The maximum atomic E-state index is 12.3. The highest BCUT2D eigenvalue weighted by molar-refractivity contribution is 8.18. The number of imide groups is 1. The molecule has 1 aromatic carbocycles. The molecule has 1 fully saturated rings. The van der Waals surface area contributed by atoms with Gasteiger partial charge < -0.3 is 4.74 Å². The highest BCUT2D eigenvalue weighted by Gasteiger charge is 2.34. The lowest BCUT2D eigenvalue weighted by molar-refractivity contribution is -0.122. The first-order valence-electron chi connectivity index (χ1n) is 7.43. The maximum Gasteiger partial charge on any atom is 0.293 e. The van der Waals surface area contributed by atoms with Gasteiger partial charge in [-0.3, -0.25) is 14.5 Å². The van der Waals surface area contributed by atoms with Crippen LogP contribution in [0.3, 0.4) is 0 Å². The summed E-state index contributed by atoms with van der Waals surface area (Å²) in [6.45, 7) is 9.96. The number of ether oxygens (including phenoxy) is 1. The molecule has 1 aliphatic heterocycles. The van der Waals surface area contributed by atoms with Gasteiger partial charge in [0.05, 0.1) is 12.0 Å². The average molecular weight is 331 g/mol. The molecular formula is C18H21NO3S. The van der Waals surface area contributed by atoms with Gasteiger partial charge in [0.15, 0.2) is 0 Å². The van der Waals surface area contributed by atoms with Crippen molar-refractivity contribution in [2.24, 2.45) is 0 Å². The van der Waals surface area contributed by atoms with Crippen molar-refractivity contribution in [1.29, 1.82) is 0 Å². The van der Waals surface area contributed by atoms with Gasteiger partial charge in [-0.25, -0.2) is 0 Å². The number of carbonyl (C=O) groups is 2. The molecule has 1 aromatic rings. The fourth-order valence-electron chi connectivity index (χ4n) is 2.43. The minimum atomic E-state index is -0.263. The van der Waals surface area contributed by atoms with E-state index < -0.39 is 0 Å². The van der Waals surface area contributed by atoms with E-state index in [1.807, 2.05) is 19.1 Å². The molecule has 1 heterocycles. The highest BCUT2D eigenvalue weighted by atomic mass is 32.2. The molecule has 0 bridgehead atoms. The van der Waals surface area contributed by atoms with Gasteiger partial charge in [0.1, 0.15) is 5.75 Å². The summed E-state index contributed by atoms with van der Waals surface area (Å²) in [5, 5.41) is -0.253. The Morgan fingerprint density at radius 3 is 2.61 bits per heavy atom. The molecule has 0 atom stereocenters. The molecule has 0 saturated carbocycles. The van der Waals surface area contributed by atoms with Crippen LogP contribution >= 0.6 is 11.8 Å². The second kappa shape index (κ2) is 7.04. The van der Waals surface area contributed by atoms with Gasteiger partial charge >= 0.3 is 0 Å². The van der Waals surface area contributed by atoms with Crippen molar-refractivity contribution < 1.29 is 14.3 Å². The Labute approximate surface area is 141 Å². The predicted molar refractivity (Wildman–Crippen MR) is 94.7 cm³/mol. The van der Waals surface area contributed by atoms with E-state index in [1.165, 1.54) is 4.90 Å². The lowest BCUT2D eigenvalue weighted by atomic mass is 9.96. The lowest BCUT2D eigenvalue weighted by Gasteiger charge is -2.15. The molecule has 1 saturated heterocycles. The topological polar surface area (TPSA) is 46.6 Å². The zero-order chi connectivity index (χ0) is 17.1. The summed E-state index contributed by atoms with van der Waals surface area (Å²) in [5.74, 6) is 0.879. The fourth-order valence-corrected chi connectivity index (χ4v) is 3.27. The number of nitrogens with zero attached hydrogens (tertiary/aromatic N) is 1. The van der Waals surface area contributed by atoms with Crippen LogP contribution in [0.1, 0.15) is 36.5 Å². The van der Waals surface area contributed by atoms with Crippen LogP contribution in [0.15, 0.2) is 29.7 Å². The van der Waals surface area contributed by atoms with Gasteiger partial charge in [-0.15, -0.1) is 6.58 Å². The van der Waals surface area contributed by atoms with E-state index in [4.69, 9.17) is 4.74 Å². The number of aryl methyl sites for hydroxylation is 1. The minimum absolute atomic E-state index is 0.237. The molecule has 0 radical (unpaired) electrons. The van der Waals surface area contributed by atoms with Crippen LogP contribution in [0.5, 0.6) is 5.75 Å². The molecule has 1 aliphatic rings. The SMILES string of the molecule is C=CCN1C(=O)SC(=Cc2cc(C(C)C)c(OC)cc2C)C1=O. The van der Waals surface area contributed by atoms with Crippen molar-refractivity contribution >= 4 is 29.0 Å². The number of hydrogen-bond donors (Lipinski definition) is 0. The molecule has 2 rings (SSSR count). The van der Waals surface area contributed by atoms with Crippen LogP contribution in [-0.2, 0) is 4.79 Å². The Bertz CT molecular complexity index is 692. The fraction of sp³-hybridized carbons (Fsp3) is 0.333. The molecular weight excluding hydrogens is 310 g/mol. The third-order valence-electron chi connectivity index (χ3n) is 3.71.